The van der Waals surface area contributed by atoms with Gasteiger partial charge in [0.1, 0.15) is 6.61 Å². The van der Waals surface area contributed by atoms with Crippen molar-refractivity contribution in [3.63, 3.8) is 0 Å². The maximum atomic E-state index is 13.2. The van der Waals surface area contributed by atoms with Crippen LogP contribution in [0.5, 0.6) is 5.75 Å². The van der Waals surface area contributed by atoms with Gasteiger partial charge >= 0.3 is 49.4 Å². The van der Waals surface area contributed by atoms with Crippen LogP contribution in [0.2, 0.25) is 0 Å². The van der Waals surface area contributed by atoms with Crippen molar-refractivity contribution in [1.29, 1.82) is 0 Å². The number of carbonyl (C=O) groups is 1. The molecule has 7 heteroatoms. The summed E-state index contributed by atoms with van der Waals surface area (Å²) in [6.07, 6.45) is 3.34. The second kappa shape index (κ2) is 7.60. The molecule has 0 aliphatic carbocycles. The number of nitrogens with two attached hydrogens (primary N) is 1. The van der Waals surface area contributed by atoms with Gasteiger partial charge in [-0.15, -0.1) is 0 Å². The molecule has 0 saturated carbocycles. The van der Waals surface area contributed by atoms with Crippen molar-refractivity contribution in [2.75, 3.05) is 6.61 Å². The summed E-state index contributed by atoms with van der Waals surface area (Å²) < 4.78 is 18.3. The van der Waals surface area contributed by atoms with Crippen LogP contribution in [0.3, 0.4) is 0 Å². The molecule has 1 amide bonds. The van der Waals surface area contributed by atoms with Gasteiger partial charge in [0.25, 0.3) is 0 Å². The van der Waals surface area contributed by atoms with Crippen molar-refractivity contribution in [2.45, 2.75) is 0 Å². The van der Waals surface area contributed by atoms with Crippen molar-refractivity contribution in [3.8, 4) is 5.75 Å². The van der Waals surface area contributed by atoms with E-state index in [9.17, 15) is 9.18 Å². The first kappa shape index (κ1) is 15.3. The van der Waals surface area contributed by atoms with Gasteiger partial charge in [0.05, 0.1) is 5.56 Å². The van der Waals surface area contributed by atoms with Crippen LogP contribution in [-0.4, -0.2) is 12.5 Å². The maximum absolute atomic E-state index is 13.2. The molecule has 91 valence electrons. The van der Waals surface area contributed by atoms with Crippen LogP contribution in [0.15, 0.2) is 18.2 Å². The van der Waals surface area contributed by atoms with Crippen LogP contribution in [0, 0.1) is 5.82 Å². The van der Waals surface area contributed by atoms with Crippen molar-refractivity contribution >= 4 is 51.9 Å². The number of amides is 1. The van der Waals surface area contributed by atoms with E-state index in [0.29, 0.717) is 21.6 Å². The number of rotatable bonds is 1. The molecule has 2 rings (SSSR count). The van der Waals surface area contributed by atoms with Crippen molar-refractivity contribution in [2.24, 2.45) is 5.73 Å². The third-order valence-electron chi connectivity index (χ3n) is 2.02. The number of carbonyl (C=O) groups excluding carboxylic acids is 1. The Kier molecular flexibility index (Phi) is 6.82. The van der Waals surface area contributed by atoms with E-state index in [-0.39, 0.29) is 11.3 Å². The molecule has 3 nitrogen and oxygen atoms in total. The van der Waals surface area contributed by atoms with Crippen LogP contribution in [-0.2, 0) is 9.47 Å². The van der Waals surface area contributed by atoms with Crippen molar-refractivity contribution in [1.82, 2.24) is 0 Å². The Morgan fingerprint density at radius 3 is 2.71 bits per heavy atom. The predicted molar refractivity (Wildman–Crippen MR) is 77.5 cm³/mol. The second-order valence-electron chi connectivity index (χ2n) is 2.98. The number of ether oxygens (including phenoxy) is 1. The van der Waals surface area contributed by atoms with E-state index in [0.717, 1.165) is 0 Å². The zero-order chi connectivity index (χ0) is 12.8. The van der Waals surface area contributed by atoms with Gasteiger partial charge in [-0.05, 0) is 18.2 Å². The Labute approximate surface area is 127 Å². The number of fused-ring (bicyclic) bond motifs is 1. The van der Waals surface area contributed by atoms with E-state index < -0.39 is 11.7 Å². The second-order valence-corrected chi connectivity index (χ2v) is 14.8. The van der Waals surface area contributed by atoms with Crippen molar-refractivity contribution < 1.29 is 23.4 Å². The molecule has 0 unspecified atom stereocenters. The standard InChI is InChI=1S/C10H8FNO2.2HI.V/c11-8-4-3-7(10(12)13)6-2-1-5-14-9(6)8;;;/h1-4H,5H2,(H2,12,13);2*1H;/q;;;+2/p-2. The van der Waals surface area contributed by atoms with Gasteiger partial charge in [-0.25, -0.2) is 4.39 Å². The molecule has 2 N–H and O–H groups in total. The number of halogens is 3. The average Bonchev–Trinajstić information content (AvgIpc) is 2.30. The minimum absolute atomic E-state index is 0.101. The molecule has 1 aliphatic heterocycles. The molecule has 1 aromatic rings. The Morgan fingerprint density at radius 2 is 2.12 bits per heavy atom. The van der Waals surface area contributed by atoms with Crippen LogP contribution in [0.25, 0.3) is 6.08 Å². The summed E-state index contributed by atoms with van der Waals surface area (Å²) in [6, 6.07) is 2.54. The first-order valence-corrected chi connectivity index (χ1v) is 13.5. The van der Waals surface area contributed by atoms with E-state index in [2.05, 4.69) is 40.0 Å². The van der Waals surface area contributed by atoms with Gasteiger partial charge in [-0.3, -0.25) is 4.79 Å². The Morgan fingerprint density at radius 1 is 1.47 bits per heavy atom. The summed E-state index contributed by atoms with van der Waals surface area (Å²) in [6.45, 7) is 0.312. The fourth-order valence-electron chi connectivity index (χ4n) is 1.40. The predicted octanol–water partition coefficient (Wildman–Crippen LogP) is 3.10. The first-order chi connectivity index (χ1) is 8.11. The number of hydrogen-bond donors (Lipinski definition) is 1. The molecular formula is C10H8FI2NO2V. The van der Waals surface area contributed by atoms with Gasteiger partial charge in [0, 0.05) is 5.56 Å². The first-order valence-electron chi connectivity index (χ1n) is 4.45. The third kappa shape index (κ3) is 4.11. The molecule has 17 heavy (non-hydrogen) atoms. The van der Waals surface area contributed by atoms with Gasteiger partial charge < -0.3 is 10.5 Å². The summed E-state index contributed by atoms with van der Waals surface area (Å²) >= 11 is 4.74. The average molecular weight is 498 g/mol. The number of primary amides is 1. The molecule has 0 atom stereocenters. The SMILES string of the molecule is NC(=O)c1ccc(F)c2c1C=CCO2.[I][V][I]. The van der Waals surface area contributed by atoms with Gasteiger partial charge in [-0.2, -0.15) is 0 Å². The summed E-state index contributed by atoms with van der Waals surface area (Å²) in [5.74, 6) is -0.963. The normalized spacial score (nSPS) is 11.7. The molecule has 0 radical (unpaired) electrons. The Hall–Kier alpha value is 0.204. The molecule has 0 fully saturated rings. The van der Waals surface area contributed by atoms with Gasteiger partial charge in [0.15, 0.2) is 11.6 Å². The van der Waals surface area contributed by atoms with Crippen LogP contribution >= 0.6 is 40.0 Å². The molecule has 0 saturated heterocycles. The third-order valence-corrected chi connectivity index (χ3v) is 2.02. The van der Waals surface area contributed by atoms with E-state index in [4.69, 9.17) is 10.5 Å². The molecule has 1 aromatic carbocycles. The molecule has 0 spiro atoms. The minimum atomic E-state index is -0.587. The topological polar surface area (TPSA) is 52.3 Å². The molecular weight excluding hydrogens is 490 g/mol. The Balaban J connectivity index is 0.000000437. The molecule has 0 bridgehead atoms. The zero-order valence-electron chi connectivity index (χ0n) is 8.49. The van der Waals surface area contributed by atoms with E-state index >= 15 is 0 Å². The molecule has 1 aliphatic rings. The summed E-state index contributed by atoms with van der Waals surface area (Å²) in [5, 5.41) is 0. The quantitative estimate of drug-likeness (QED) is 0.606. The summed E-state index contributed by atoms with van der Waals surface area (Å²) in [5.41, 5.74) is 5.83. The van der Waals surface area contributed by atoms with E-state index in [1.54, 1.807) is 12.2 Å². The van der Waals surface area contributed by atoms with Crippen LogP contribution in [0.1, 0.15) is 15.9 Å². The monoisotopic (exact) mass is 498 g/mol. The van der Waals surface area contributed by atoms with Crippen LogP contribution < -0.4 is 10.5 Å². The van der Waals surface area contributed by atoms with E-state index in [1.165, 1.54) is 12.1 Å². The molecule has 1 heterocycles. The van der Waals surface area contributed by atoms with Gasteiger partial charge in [0.2, 0.25) is 5.91 Å². The zero-order valence-corrected chi connectivity index (χ0v) is 14.2. The Bertz CT molecular complexity index is 454. The summed E-state index contributed by atoms with van der Waals surface area (Å²) in [7, 11) is 0.628. The fraction of sp³-hybridized carbons (Fsp3) is 0.100. The van der Waals surface area contributed by atoms with Gasteiger partial charge in [-0.1, -0.05) is 6.08 Å². The molecule has 0 aromatic heterocycles. The summed E-state index contributed by atoms with van der Waals surface area (Å²) in [4.78, 5) is 11.0. The van der Waals surface area contributed by atoms with Crippen LogP contribution in [0.4, 0.5) is 4.39 Å². The fourth-order valence-corrected chi connectivity index (χ4v) is 1.40. The number of hydrogen-bond acceptors (Lipinski definition) is 2. The number of benzene rings is 1. The van der Waals surface area contributed by atoms with E-state index in [1.807, 2.05) is 0 Å². The van der Waals surface area contributed by atoms with Crippen molar-refractivity contribution in [3.05, 3.63) is 35.2 Å².